The number of nitrogens with one attached hydrogen (secondary N) is 2. The lowest BCUT2D eigenvalue weighted by Crippen LogP contribution is -2.74. The summed E-state index contributed by atoms with van der Waals surface area (Å²) in [6.07, 6.45) is 5.71. The highest BCUT2D eigenvalue weighted by Gasteiger charge is 2.56. The molecule has 2 atom stereocenters. The van der Waals surface area contributed by atoms with Gasteiger partial charge in [0.1, 0.15) is 6.54 Å². The van der Waals surface area contributed by atoms with Gasteiger partial charge in [0.15, 0.2) is 0 Å². The van der Waals surface area contributed by atoms with Crippen LogP contribution in [0.15, 0.2) is 30.7 Å². The van der Waals surface area contributed by atoms with Crippen molar-refractivity contribution in [3.8, 4) is 6.07 Å². The van der Waals surface area contributed by atoms with Gasteiger partial charge in [0.2, 0.25) is 5.95 Å². The molecular weight excluding hydrogens is 475 g/mol. The van der Waals surface area contributed by atoms with E-state index >= 15 is 0 Å². The summed E-state index contributed by atoms with van der Waals surface area (Å²) >= 11 is 0. The van der Waals surface area contributed by atoms with Crippen molar-refractivity contribution in [2.24, 2.45) is 7.05 Å². The van der Waals surface area contributed by atoms with Gasteiger partial charge in [0.05, 0.1) is 35.6 Å². The van der Waals surface area contributed by atoms with Gasteiger partial charge in [-0.15, -0.1) is 0 Å². The fourth-order valence-corrected chi connectivity index (χ4v) is 5.58. The van der Waals surface area contributed by atoms with Crippen LogP contribution in [0.5, 0.6) is 0 Å². The summed E-state index contributed by atoms with van der Waals surface area (Å²) in [6.45, 7) is -0.911. The Kier molecular flexibility index (Phi) is 6.07. The lowest BCUT2D eigenvalue weighted by molar-refractivity contribution is -0.124. The molecule has 2 N–H and O–H groups in total. The van der Waals surface area contributed by atoms with Crippen molar-refractivity contribution in [2.45, 2.75) is 49.5 Å². The maximum absolute atomic E-state index is 12.5. The Balaban J connectivity index is 1.30. The quantitative estimate of drug-likeness (QED) is 0.626. The molecule has 13 heteroatoms. The molecular formula is C23H26F3N9O. The maximum atomic E-state index is 12.5. The van der Waals surface area contributed by atoms with E-state index in [1.807, 2.05) is 24.6 Å². The van der Waals surface area contributed by atoms with Gasteiger partial charge in [-0.1, -0.05) is 6.08 Å². The van der Waals surface area contributed by atoms with E-state index in [9.17, 15) is 23.2 Å². The van der Waals surface area contributed by atoms with Crippen LogP contribution in [0.25, 0.3) is 5.57 Å². The summed E-state index contributed by atoms with van der Waals surface area (Å²) in [4.78, 5) is 24.8. The minimum absolute atomic E-state index is 0.0668. The van der Waals surface area contributed by atoms with Gasteiger partial charge in [0.25, 0.3) is 0 Å². The third kappa shape index (κ3) is 4.73. The Morgan fingerprint density at radius 3 is 2.81 bits per heavy atom. The van der Waals surface area contributed by atoms with Gasteiger partial charge in [-0.2, -0.15) is 23.5 Å². The molecule has 10 nitrogen and oxygen atoms in total. The van der Waals surface area contributed by atoms with Crippen LogP contribution in [0.3, 0.4) is 0 Å². The number of fused-ring (bicyclic) bond motifs is 2. The van der Waals surface area contributed by atoms with Gasteiger partial charge in [-0.05, 0) is 30.9 Å². The molecule has 5 rings (SSSR count). The van der Waals surface area contributed by atoms with Crippen molar-refractivity contribution in [1.29, 1.82) is 5.26 Å². The lowest BCUT2D eigenvalue weighted by Gasteiger charge is -2.57. The van der Waals surface area contributed by atoms with E-state index in [0.29, 0.717) is 5.95 Å². The maximum Gasteiger partial charge on any atom is 0.405 e. The topological polar surface area (TPSA) is 115 Å². The van der Waals surface area contributed by atoms with Crippen molar-refractivity contribution in [3.63, 3.8) is 0 Å². The third-order valence-corrected chi connectivity index (χ3v) is 6.99. The first kappa shape index (κ1) is 24.1. The summed E-state index contributed by atoms with van der Waals surface area (Å²) in [5.74, 6) is 0.469. The summed E-state index contributed by atoms with van der Waals surface area (Å²) < 4.78 is 39.1. The van der Waals surface area contributed by atoms with Crippen molar-refractivity contribution in [1.82, 2.24) is 34.9 Å². The number of hydrogen-bond acceptors (Lipinski definition) is 7. The molecule has 36 heavy (non-hydrogen) atoms. The number of aromatic nitrogens is 4. The molecule has 2 aromatic rings. The van der Waals surface area contributed by atoms with Crippen molar-refractivity contribution >= 4 is 23.2 Å². The first-order valence-electron chi connectivity index (χ1n) is 11.7. The normalized spacial score (nSPS) is 23.0. The van der Waals surface area contributed by atoms with Gasteiger partial charge in [-0.3, -0.25) is 9.58 Å². The summed E-state index contributed by atoms with van der Waals surface area (Å²) in [5, 5.41) is 18.7. The molecule has 3 aliphatic heterocycles. The molecule has 2 saturated heterocycles. The Labute approximate surface area is 205 Å². The van der Waals surface area contributed by atoms with E-state index < -0.39 is 24.3 Å². The highest BCUT2D eigenvalue weighted by molar-refractivity contribution is 5.76. The van der Waals surface area contributed by atoms with Crippen LogP contribution in [0.2, 0.25) is 0 Å². The molecule has 0 aromatic carbocycles. The second-order valence-electron chi connectivity index (χ2n) is 9.58. The van der Waals surface area contributed by atoms with Gasteiger partial charge < -0.3 is 15.5 Å². The molecule has 3 aliphatic rings. The first-order chi connectivity index (χ1) is 17.2. The summed E-state index contributed by atoms with van der Waals surface area (Å²) in [5.41, 5.74) is 2.15. The number of carbonyl (C=O) groups excluding carboxylic acids is 1. The average molecular weight is 502 g/mol. The number of anilines is 2. The first-order valence-corrected chi connectivity index (χ1v) is 11.7. The van der Waals surface area contributed by atoms with E-state index in [0.717, 1.165) is 36.2 Å². The van der Waals surface area contributed by atoms with Crippen LogP contribution >= 0.6 is 0 Å². The number of hydrogen-bond donors (Lipinski definition) is 2. The largest absolute Gasteiger partial charge is 0.405 e. The fraction of sp³-hybridized carbons (Fsp3) is 0.522. The number of aryl methyl sites for hydroxylation is 1. The lowest BCUT2D eigenvalue weighted by atomic mass is 9.81. The number of amides is 2. The summed E-state index contributed by atoms with van der Waals surface area (Å²) in [6, 6.07) is 3.58. The number of nitrogens with zero attached hydrogens (tertiary/aromatic N) is 7. The van der Waals surface area contributed by atoms with Crippen LogP contribution in [0, 0.1) is 11.3 Å². The molecule has 190 valence electrons. The number of halogens is 3. The number of alkyl halides is 3. The van der Waals surface area contributed by atoms with Crippen molar-refractivity contribution in [3.05, 3.63) is 36.4 Å². The second-order valence-corrected chi connectivity index (χ2v) is 9.58. The van der Waals surface area contributed by atoms with E-state index in [-0.39, 0.29) is 31.6 Å². The Morgan fingerprint density at radius 2 is 2.14 bits per heavy atom. The van der Waals surface area contributed by atoms with Crippen LogP contribution < -0.4 is 10.6 Å². The predicted octanol–water partition coefficient (Wildman–Crippen LogP) is 2.81. The van der Waals surface area contributed by atoms with E-state index in [2.05, 4.69) is 37.4 Å². The number of urea groups is 1. The van der Waals surface area contributed by atoms with Crippen molar-refractivity contribution in [2.75, 3.05) is 25.0 Å². The molecule has 2 amide bonds. The minimum atomic E-state index is -4.47. The molecule has 2 bridgehead atoms. The molecule has 0 spiro atoms. The number of likely N-dealkylation sites (tertiary alicyclic amines) is 1. The monoisotopic (exact) mass is 501 g/mol. The molecule has 0 radical (unpaired) electrons. The third-order valence-electron chi connectivity index (χ3n) is 6.99. The zero-order valence-corrected chi connectivity index (χ0v) is 19.7. The van der Waals surface area contributed by atoms with E-state index in [1.165, 1.54) is 4.90 Å². The second kappa shape index (κ2) is 9.09. The SMILES string of the molecule is Cn1cc(Nc2nccc(C3=CC4CCC(C3)N4C3(CC#N)CN(C(=O)NCC(F)(F)F)C3)n2)cn1. The summed E-state index contributed by atoms with van der Waals surface area (Å²) in [7, 11) is 1.83. The minimum Gasteiger partial charge on any atom is -0.329 e. The number of carbonyl (C=O) groups is 1. The smallest absolute Gasteiger partial charge is 0.329 e. The van der Waals surface area contributed by atoms with Gasteiger partial charge in [-0.25, -0.2) is 14.8 Å². The van der Waals surface area contributed by atoms with Crippen LogP contribution in [-0.2, 0) is 7.05 Å². The standard InChI is InChI=1S/C23H26F3N9O/c1-33-11-16(10-30-33)31-20-28-7-4-19(32-20)15-8-17-2-3-18(9-15)35(17)22(5-6-27)13-34(14-22)21(36)29-12-23(24,25)26/h4,7-8,10-11,17-18H,2-3,5,9,12-14H2,1H3,(H,29,36)(H,28,31,32). The molecule has 2 fully saturated rings. The van der Waals surface area contributed by atoms with Gasteiger partial charge >= 0.3 is 12.2 Å². The number of nitriles is 1. The van der Waals surface area contributed by atoms with Gasteiger partial charge in [0, 0.05) is 44.6 Å². The van der Waals surface area contributed by atoms with E-state index in [4.69, 9.17) is 0 Å². The Hall–Kier alpha value is -3.66. The van der Waals surface area contributed by atoms with Crippen LogP contribution in [-0.4, -0.2) is 79.0 Å². The zero-order valence-electron chi connectivity index (χ0n) is 19.7. The highest BCUT2D eigenvalue weighted by atomic mass is 19.4. The van der Waals surface area contributed by atoms with E-state index in [1.54, 1.807) is 17.1 Å². The number of rotatable bonds is 6. The zero-order chi connectivity index (χ0) is 25.5. The van der Waals surface area contributed by atoms with Crippen LogP contribution in [0.4, 0.5) is 29.6 Å². The Morgan fingerprint density at radius 1 is 1.33 bits per heavy atom. The molecule has 5 heterocycles. The molecule has 0 aliphatic carbocycles. The highest BCUT2D eigenvalue weighted by Crippen LogP contribution is 2.46. The molecule has 2 unspecified atom stereocenters. The fourth-order valence-electron chi connectivity index (χ4n) is 5.58. The average Bonchev–Trinajstić information content (AvgIpc) is 3.33. The van der Waals surface area contributed by atoms with Crippen molar-refractivity contribution < 1.29 is 18.0 Å². The predicted molar refractivity (Wildman–Crippen MR) is 124 cm³/mol. The molecule has 2 aromatic heterocycles. The Bertz CT molecular complexity index is 1210. The molecule has 0 saturated carbocycles. The van der Waals surface area contributed by atoms with Crippen LogP contribution in [0.1, 0.15) is 31.4 Å².